The number of halogens is 1. The van der Waals surface area contributed by atoms with Gasteiger partial charge in [0, 0.05) is 45.1 Å². The van der Waals surface area contributed by atoms with Gasteiger partial charge < -0.3 is 25.6 Å². The molecule has 0 bridgehead atoms. The predicted octanol–water partition coefficient (Wildman–Crippen LogP) is 1.92. The first kappa shape index (κ1) is 25.6. The first-order valence-corrected chi connectivity index (χ1v) is 12.4. The van der Waals surface area contributed by atoms with Crippen LogP contribution in [0, 0.1) is 5.82 Å². The predicted molar refractivity (Wildman–Crippen MR) is 133 cm³/mol. The summed E-state index contributed by atoms with van der Waals surface area (Å²) in [5, 5.41) is 9.02. The van der Waals surface area contributed by atoms with Crippen LogP contribution < -0.4 is 20.7 Å². The smallest absolute Gasteiger partial charge is 0.240 e. The summed E-state index contributed by atoms with van der Waals surface area (Å²) in [4.78, 5) is 38.3. The van der Waals surface area contributed by atoms with Gasteiger partial charge in [0.15, 0.2) is 0 Å². The topological polar surface area (TPSA) is 99.8 Å². The third-order valence-electron chi connectivity index (χ3n) is 6.48. The number of benzene rings is 2. The normalized spacial score (nSPS) is 20.7. The highest BCUT2D eigenvalue weighted by molar-refractivity contribution is 5.83. The number of piperazine rings is 1. The molecule has 2 aromatic carbocycles. The molecule has 8 nitrogen and oxygen atoms in total. The molecule has 0 aromatic heterocycles. The first-order chi connectivity index (χ1) is 17.4. The van der Waals surface area contributed by atoms with Crippen molar-refractivity contribution in [2.45, 2.75) is 57.3 Å². The van der Waals surface area contributed by atoms with Gasteiger partial charge in [0.1, 0.15) is 18.2 Å². The Morgan fingerprint density at radius 1 is 1.19 bits per heavy atom. The van der Waals surface area contributed by atoms with Crippen LogP contribution in [0.25, 0.3) is 0 Å². The molecule has 3 N–H and O–H groups in total. The molecule has 0 saturated carbocycles. The molecule has 2 aliphatic rings. The molecule has 2 aliphatic heterocycles. The second-order valence-electron chi connectivity index (χ2n) is 9.50. The summed E-state index contributed by atoms with van der Waals surface area (Å²) in [6, 6.07) is 13.4. The van der Waals surface area contributed by atoms with E-state index in [0.29, 0.717) is 56.6 Å². The maximum atomic E-state index is 14.4. The molecule has 0 radical (unpaired) electrons. The molecule has 3 amide bonds. The average molecular weight is 497 g/mol. The average Bonchev–Trinajstić information content (AvgIpc) is 3.25. The SMILES string of the molecule is CC(=O)N[C@@H](Cc1cc(F)cc(OC[C@@H]2CCC(=O)N2)c1)C[C@@H]1NCCN(Cc2ccccc2)C1=O. The largest absolute Gasteiger partial charge is 0.491 e. The third kappa shape index (κ3) is 7.27. The zero-order chi connectivity index (χ0) is 25.5. The van der Waals surface area contributed by atoms with Crippen LogP contribution in [0.3, 0.4) is 0 Å². The van der Waals surface area contributed by atoms with Crippen molar-refractivity contribution in [1.29, 1.82) is 0 Å². The lowest BCUT2D eigenvalue weighted by Crippen LogP contribution is -2.56. The third-order valence-corrected chi connectivity index (χ3v) is 6.48. The molecular weight excluding hydrogens is 463 g/mol. The molecule has 0 unspecified atom stereocenters. The van der Waals surface area contributed by atoms with Crippen molar-refractivity contribution in [1.82, 2.24) is 20.9 Å². The number of hydrogen-bond acceptors (Lipinski definition) is 5. The second-order valence-corrected chi connectivity index (χ2v) is 9.50. The molecule has 0 spiro atoms. The Labute approximate surface area is 210 Å². The van der Waals surface area contributed by atoms with Crippen molar-refractivity contribution in [3.63, 3.8) is 0 Å². The van der Waals surface area contributed by atoms with Gasteiger partial charge >= 0.3 is 0 Å². The highest BCUT2D eigenvalue weighted by atomic mass is 19.1. The van der Waals surface area contributed by atoms with Crippen molar-refractivity contribution >= 4 is 17.7 Å². The van der Waals surface area contributed by atoms with Crippen molar-refractivity contribution in [3.05, 3.63) is 65.5 Å². The van der Waals surface area contributed by atoms with Crippen molar-refractivity contribution < 1.29 is 23.5 Å². The fourth-order valence-electron chi connectivity index (χ4n) is 4.81. The van der Waals surface area contributed by atoms with E-state index in [9.17, 15) is 18.8 Å². The standard InChI is InChI=1S/C27H33FN4O4/c1-18(33)30-23(15-25-27(35)32(10-9-29-25)16-19-5-3-2-4-6-19)12-20-11-21(28)14-24(13-20)36-17-22-7-8-26(34)31-22/h2-6,11,13-14,22-23,25,29H,7-10,12,15-17H2,1H3,(H,30,33)(H,31,34)/t22-,23-,25-/m0/s1. The minimum absolute atomic E-state index is 0.00474. The van der Waals surface area contributed by atoms with Gasteiger partial charge in [-0.15, -0.1) is 0 Å². The van der Waals surface area contributed by atoms with E-state index < -0.39 is 11.9 Å². The lowest BCUT2D eigenvalue weighted by molar-refractivity contribution is -0.137. The van der Waals surface area contributed by atoms with Crippen LogP contribution in [-0.2, 0) is 27.3 Å². The Kier molecular flexibility index (Phi) is 8.53. The van der Waals surface area contributed by atoms with E-state index in [1.165, 1.54) is 19.1 Å². The van der Waals surface area contributed by atoms with Gasteiger partial charge in [0.25, 0.3) is 0 Å². The number of nitrogens with one attached hydrogen (secondary N) is 3. The van der Waals surface area contributed by atoms with Gasteiger partial charge in [0.2, 0.25) is 17.7 Å². The fraction of sp³-hybridized carbons (Fsp3) is 0.444. The fourth-order valence-corrected chi connectivity index (χ4v) is 4.81. The van der Waals surface area contributed by atoms with Crippen molar-refractivity contribution in [2.24, 2.45) is 0 Å². The van der Waals surface area contributed by atoms with Gasteiger partial charge in [0.05, 0.1) is 12.1 Å². The zero-order valence-corrected chi connectivity index (χ0v) is 20.5. The van der Waals surface area contributed by atoms with E-state index in [1.807, 2.05) is 35.2 Å². The van der Waals surface area contributed by atoms with Crippen LogP contribution in [0.1, 0.15) is 37.3 Å². The Bertz CT molecular complexity index is 1080. The van der Waals surface area contributed by atoms with E-state index in [1.54, 1.807) is 6.07 Å². The molecule has 0 aliphatic carbocycles. The first-order valence-electron chi connectivity index (χ1n) is 12.4. The summed E-state index contributed by atoms with van der Waals surface area (Å²) in [7, 11) is 0. The van der Waals surface area contributed by atoms with Crippen LogP contribution in [0.4, 0.5) is 4.39 Å². The minimum Gasteiger partial charge on any atom is -0.491 e. The second kappa shape index (κ2) is 12.0. The van der Waals surface area contributed by atoms with E-state index in [-0.39, 0.29) is 36.4 Å². The zero-order valence-electron chi connectivity index (χ0n) is 20.5. The van der Waals surface area contributed by atoms with Gasteiger partial charge in [-0.1, -0.05) is 30.3 Å². The van der Waals surface area contributed by atoms with E-state index in [0.717, 1.165) is 5.56 Å². The van der Waals surface area contributed by atoms with Gasteiger partial charge in [-0.2, -0.15) is 0 Å². The van der Waals surface area contributed by atoms with E-state index in [4.69, 9.17) is 4.74 Å². The number of carbonyl (C=O) groups is 3. The number of rotatable bonds is 10. The van der Waals surface area contributed by atoms with Gasteiger partial charge in [-0.25, -0.2) is 4.39 Å². The Morgan fingerprint density at radius 3 is 2.72 bits per heavy atom. The summed E-state index contributed by atoms with van der Waals surface area (Å²) < 4.78 is 20.1. The maximum Gasteiger partial charge on any atom is 0.240 e. The molecule has 2 heterocycles. The molecule has 36 heavy (non-hydrogen) atoms. The highest BCUT2D eigenvalue weighted by Crippen LogP contribution is 2.21. The van der Waals surface area contributed by atoms with Crippen LogP contribution in [-0.4, -0.2) is 60.4 Å². The molecular formula is C27H33FN4O4. The lowest BCUT2D eigenvalue weighted by Gasteiger charge is -2.35. The highest BCUT2D eigenvalue weighted by Gasteiger charge is 2.31. The van der Waals surface area contributed by atoms with E-state index >= 15 is 0 Å². The van der Waals surface area contributed by atoms with Gasteiger partial charge in [-0.3, -0.25) is 14.4 Å². The van der Waals surface area contributed by atoms with Gasteiger partial charge in [-0.05, 0) is 42.5 Å². The lowest BCUT2D eigenvalue weighted by atomic mass is 9.97. The Morgan fingerprint density at radius 2 is 2.00 bits per heavy atom. The number of ether oxygens (including phenoxy) is 1. The summed E-state index contributed by atoms with van der Waals surface area (Å²) in [6.45, 7) is 3.50. The number of hydrogen-bond donors (Lipinski definition) is 3. The summed E-state index contributed by atoms with van der Waals surface area (Å²) in [5.74, 6) is -0.305. The molecule has 2 saturated heterocycles. The maximum absolute atomic E-state index is 14.4. The van der Waals surface area contributed by atoms with Crippen LogP contribution in [0.15, 0.2) is 48.5 Å². The molecule has 4 rings (SSSR count). The number of nitrogens with zero attached hydrogens (tertiary/aromatic N) is 1. The molecule has 192 valence electrons. The van der Waals surface area contributed by atoms with E-state index in [2.05, 4.69) is 16.0 Å². The molecule has 9 heteroatoms. The van der Waals surface area contributed by atoms with Crippen LogP contribution in [0.2, 0.25) is 0 Å². The van der Waals surface area contributed by atoms with Crippen molar-refractivity contribution in [3.8, 4) is 5.75 Å². The Hall–Kier alpha value is -3.46. The number of amides is 3. The summed E-state index contributed by atoms with van der Waals surface area (Å²) in [5.41, 5.74) is 1.72. The summed E-state index contributed by atoms with van der Waals surface area (Å²) >= 11 is 0. The number of carbonyl (C=O) groups excluding carboxylic acids is 3. The molecule has 2 aromatic rings. The van der Waals surface area contributed by atoms with Crippen LogP contribution in [0.5, 0.6) is 5.75 Å². The molecule has 3 atom stereocenters. The van der Waals surface area contributed by atoms with Crippen LogP contribution >= 0.6 is 0 Å². The summed E-state index contributed by atoms with van der Waals surface area (Å²) in [6.07, 6.45) is 1.88. The monoisotopic (exact) mass is 496 g/mol. The Balaban J connectivity index is 1.40. The molecule has 2 fully saturated rings. The quantitative estimate of drug-likeness (QED) is 0.467. The van der Waals surface area contributed by atoms with Crippen molar-refractivity contribution in [2.75, 3.05) is 19.7 Å². The minimum atomic E-state index is -0.449.